The second-order valence-corrected chi connectivity index (χ2v) is 8.11. The highest BCUT2D eigenvalue weighted by Crippen LogP contribution is 2.33. The summed E-state index contributed by atoms with van der Waals surface area (Å²) < 4.78 is 19.9. The van der Waals surface area contributed by atoms with Gasteiger partial charge < -0.3 is 4.74 Å². The Labute approximate surface area is 168 Å². The molecule has 4 heteroatoms. The maximum atomic E-state index is 14.4. The Hall–Kier alpha value is -1.97. The van der Waals surface area contributed by atoms with E-state index in [4.69, 9.17) is 4.74 Å². The SMILES string of the molecule is CCCOc1ccc(-c2ccc(CCC3CCC(CCC)CC3)nn2)c(F)c1. The van der Waals surface area contributed by atoms with Gasteiger partial charge in [0, 0.05) is 11.6 Å². The molecule has 1 fully saturated rings. The van der Waals surface area contributed by atoms with Crippen LogP contribution >= 0.6 is 0 Å². The van der Waals surface area contributed by atoms with Crippen molar-refractivity contribution in [3.8, 4) is 17.0 Å². The molecule has 0 unspecified atom stereocenters. The maximum absolute atomic E-state index is 14.4. The molecule has 0 aliphatic heterocycles. The Morgan fingerprint density at radius 2 is 1.68 bits per heavy atom. The van der Waals surface area contributed by atoms with E-state index >= 15 is 0 Å². The fourth-order valence-corrected chi connectivity index (χ4v) is 4.22. The van der Waals surface area contributed by atoms with Gasteiger partial charge in [0.15, 0.2) is 0 Å². The number of halogens is 1. The Morgan fingerprint density at radius 3 is 2.29 bits per heavy atom. The standard InChI is InChI=1S/C24H33FN2O/c1-3-5-18-6-8-19(9-7-18)10-11-20-12-15-24(27-26-20)22-14-13-21(17-23(22)25)28-16-4-2/h12-15,17-19H,3-11,16H2,1-2H3. The van der Waals surface area contributed by atoms with Crippen LogP contribution in [0.25, 0.3) is 11.3 Å². The van der Waals surface area contributed by atoms with E-state index in [-0.39, 0.29) is 5.82 Å². The lowest BCUT2D eigenvalue weighted by molar-refractivity contribution is 0.252. The molecular formula is C24H33FN2O. The molecular weight excluding hydrogens is 351 g/mol. The smallest absolute Gasteiger partial charge is 0.136 e. The molecule has 0 N–H and O–H groups in total. The molecule has 0 spiro atoms. The van der Waals surface area contributed by atoms with Gasteiger partial charge in [-0.25, -0.2) is 4.39 Å². The van der Waals surface area contributed by atoms with E-state index in [1.807, 2.05) is 19.1 Å². The van der Waals surface area contributed by atoms with Crippen molar-refractivity contribution in [2.45, 2.75) is 71.6 Å². The van der Waals surface area contributed by atoms with Crippen molar-refractivity contribution in [3.05, 3.63) is 41.8 Å². The van der Waals surface area contributed by atoms with Crippen LogP contribution in [-0.4, -0.2) is 16.8 Å². The van der Waals surface area contributed by atoms with Crippen LogP contribution in [0.2, 0.25) is 0 Å². The minimum Gasteiger partial charge on any atom is -0.494 e. The van der Waals surface area contributed by atoms with Gasteiger partial charge in [0.1, 0.15) is 11.6 Å². The molecule has 1 aliphatic rings. The lowest BCUT2D eigenvalue weighted by Crippen LogP contribution is -2.15. The highest BCUT2D eigenvalue weighted by molar-refractivity contribution is 5.60. The van der Waals surface area contributed by atoms with E-state index in [9.17, 15) is 4.39 Å². The van der Waals surface area contributed by atoms with Gasteiger partial charge in [-0.15, -0.1) is 0 Å². The molecule has 0 bridgehead atoms. The second-order valence-electron chi connectivity index (χ2n) is 8.11. The third-order valence-corrected chi connectivity index (χ3v) is 5.88. The van der Waals surface area contributed by atoms with Crippen LogP contribution in [0.5, 0.6) is 5.75 Å². The minimum atomic E-state index is -0.320. The van der Waals surface area contributed by atoms with Crippen molar-refractivity contribution in [2.75, 3.05) is 6.61 Å². The van der Waals surface area contributed by atoms with E-state index in [2.05, 4.69) is 17.1 Å². The summed E-state index contributed by atoms with van der Waals surface area (Å²) in [6.07, 6.45) is 11.2. The summed E-state index contributed by atoms with van der Waals surface area (Å²) in [5, 5.41) is 8.62. The predicted octanol–water partition coefficient (Wildman–Crippen LogP) is 6.61. The summed E-state index contributed by atoms with van der Waals surface area (Å²) in [6, 6.07) is 8.81. The van der Waals surface area contributed by atoms with Gasteiger partial charge in [0.05, 0.1) is 18.0 Å². The number of ether oxygens (including phenoxy) is 1. The topological polar surface area (TPSA) is 35.0 Å². The van der Waals surface area contributed by atoms with E-state index in [0.717, 1.165) is 30.4 Å². The molecule has 3 nitrogen and oxygen atoms in total. The van der Waals surface area contributed by atoms with Crippen molar-refractivity contribution in [2.24, 2.45) is 11.8 Å². The molecule has 1 aromatic carbocycles. The van der Waals surface area contributed by atoms with Crippen molar-refractivity contribution in [1.82, 2.24) is 10.2 Å². The zero-order valence-corrected chi connectivity index (χ0v) is 17.3. The first-order chi connectivity index (χ1) is 13.7. The van der Waals surface area contributed by atoms with Crippen molar-refractivity contribution < 1.29 is 9.13 Å². The molecule has 2 aromatic rings. The Balaban J connectivity index is 1.52. The van der Waals surface area contributed by atoms with Crippen LogP contribution in [0.15, 0.2) is 30.3 Å². The van der Waals surface area contributed by atoms with Crippen LogP contribution in [0.4, 0.5) is 4.39 Å². The van der Waals surface area contributed by atoms with E-state index in [1.165, 1.54) is 51.0 Å². The summed E-state index contributed by atoms with van der Waals surface area (Å²) in [5.41, 5.74) is 2.04. The normalized spacial score (nSPS) is 19.5. The van der Waals surface area contributed by atoms with E-state index in [0.29, 0.717) is 23.6 Å². The number of benzene rings is 1. The predicted molar refractivity (Wildman–Crippen MR) is 112 cm³/mol. The van der Waals surface area contributed by atoms with Crippen molar-refractivity contribution >= 4 is 0 Å². The Bertz CT molecular complexity index is 724. The first kappa shape index (κ1) is 20.8. The first-order valence-electron chi connectivity index (χ1n) is 10.9. The van der Waals surface area contributed by atoms with Crippen molar-refractivity contribution in [3.63, 3.8) is 0 Å². The van der Waals surface area contributed by atoms with Crippen molar-refractivity contribution in [1.29, 1.82) is 0 Å². The number of rotatable bonds is 9. The summed E-state index contributed by atoms with van der Waals surface area (Å²) in [4.78, 5) is 0. The highest BCUT2D eigenvalue weighted by atomic mass is 19.1. The minimum absolute atomic E-state index is 0.320. The quantitative estimate of drug-likeness (QED) is 0.488. The summed E-state index contributed by atoms with van der Waals surface area (Å²) in [6.45, 7) is 4.90. The second kappa shape index (κ2) is 10.5. The monoisotopic (exact) mass is 384 g/mol. The van der Waals surface area contributed by atoms with Gasteiger partial charge in [-0.05, 0) is 55.4 Å². The zero-order chi connectivity index (χ0) is 19.8. The average Bonchev–Trinajstić information content (AvgIpc) is 2.72. The average molecular weight is 385 g/mol. The lowest BCUT2D eigenvalue weighted by Gasteiger charge is -2.28. The third-order valence-electron chi connectivity index (χ3n) is 5.88. The summed E-state index contributed by atoms with van der Waals surface area (Å²) >= 11 is 0. The van der Waals surface area contributed by atoms with Gasteiger partial charge in [0.25, 0.3) is 0 Å². The van der Waals surface area contributed by atoms with Gasteiger partial charge >= 0.3 is 0 Å². The number of aromatic nitrogens is 2. The molecule has 1 aliphatic carbocycles. The van der Waals surface area contributed by atoms with Crippen LogP contribution in [-0.2, 0) is 6.42 Å². The molecule has 28 heavy (non-hydrogen) atoms. The van der Waals surface area contributed by atoms with Gasteiger partial charge in [0.2, 0.25) is 0 Å². The Kier molecular flexibility index (Phi) is 7.81. The van der Waals surface area contributed by atoms with Gasteiger partial charge in [-0.3, -0.25) is 0 Å². The number of aryl methyl sites for hydroxylation is 1. The number of nitrogens with zero attached hydrogens (tertiary/aromatic N) is 2. The van der Waals surface area contributed by atoms with E-state index < -0.39 is 0 Å². The highest BCUT2D eigenvalue weighted by Gasteiger charge is 2.20. The molecule has 0 radical (unpaired) electrons. The first-order valence-corrected chi connectivity index (χ1v) is 10.9. The fourth-order valence-electron chi connectivity index (χ4n) is 4.22. The molecule has 0 saturated heterocycles. The van der Waals surface area contributed by atoms with Gasteiger partial charge in [-0.2, -0.15) is 10.2 Å². The molecule has 1 aromatic heterocycles. The molecule has 1 saturated carbocycles. The molecule has 3 rings (SSSR count). The van der Waals surface area contributed by atoms with Crippen LogP contribution in [0, 0.1) is 17.7 Å². The molecule has 0 atom stereocenters. The summed E-state index contributed by atoms with van der Waals surface area (Å²) in [5.74, 6) is 2.01. The number of hydrogen-bond donors (Lipinski definition) is 0. The molecule has 1 heterocycles. The van der Waals surface area contributed by atoms with Crippen LogP contribution < -0.4 is 4.74 Å². The molecule has 0 amide bonds. The molecule has 152 valence electrons. The van der Waals surface area contributed by atoms with Gasteiger partial charge in [-0.1, -0.05) is 52.4 Å². The Morgan fingerprint density at radius 1 is 0.929 bits per heavy atom. The lowest BCUT2D eigenvalue weighted by atomic mass is 9.78. The summed E-state index contributed by atoms with van der Waals surface area (Å²) in [7, 11) is 0. The largest absolute Gasteiger partial charge is 0.494 e. The number of hydrogen-bond acceptors (Lipinski definition) is 3. The van der Waals surface area contributed by atoms with Crippen LogP contribution in [0.3, 0.4) is 0 Å². The fraction of sp³-hybridized carbons (Fsp3) is 0.583. The zero-order valence-electron chi connectivity index (χ0n) is 17.3. The maximum Gasteiger partial charge on any atom is 0.136 e. The van der Waals surface area contributed by atoms with Crippen LogP contribution in [0.1, 0.15) is 70.9 Å². The third kappa shape index (κ3) is 5.76. The van der Waals surface area contributed by atoms with E-state index in [1.54, 1.807) is 12.1 Å².